The van der Waals surface area contributed by atoms with Crippen LogP contribution in [0.3, 0.4) is 0 Å². The van der Waals surface area contributed by atoms with Crippen molar-refractivity contribution in [3.8, 4) is 17.2 Å². The number of rotatable bonds is 6. The minimum Gasteiger partial charge on any atom is -0.496 e. The van der Waals surface area contributed by atoms with Gasteiger partial charge < -0.3 is 24.8 Å². The molecular weight excluding hydrogens is 344 g/mol. The molecule has 27 heavy (non-hydrogen) atoms. The Labute approximate surface area is 159 Å². The summed E-state index contributed by atoms with van der Waals surface area (Å²) in [5.74, 6) is 1.54. The number of urea groups is 1. The largest absolute Gasteiger partial charge is 0.496 e. The van der Waals surface area contributed by atoms with Gasteiger partial charge in [-0.2, -0.15) is 0 Å². The summed E-state index contributed by atoms with van der Waals surface area (Å²) in [7, 11) is 4.65. The molecule has 2 aromatic rings. The number of benzene rings is 2. The summed E-state index contributed by atoms with van der Waals surface area (Å²) in [6.45, 7) is 0. The molecule has 6 nitrogen and oxygen atoms in total. The van der Waals surface area contributed by atoms with E-state index in [1.165, 1.54) is 0 Å². The van der Waals surface area contributed by atoms with Crippen LogP contribution in [-0.2, 0) is 5.54 Å². The Morgan fingerprint density at radius 2 is 1.52 bits per heavy atom. The molecule has 0 aromatic heterocycles. The molecule has 2 amide bonds. The second-order valence-corrected chi connectivity index (χ2v) is 6.64. The maximum atomic E-state index is 12.9. The second kappa shape index (κ2) is 8.20. The number of amides is 2. The van der Waals surface area contributed by atoms with Gasteiger partial charge in [0.1, 0.15) is 22.9 Å². The number of ether oxygens (including phenoxy) is 3. The third kappa shape index (κ3) is 3.94. The predicted octanol–water partition coefficient (Wildman–Crippen LogP) is 4.30. The first-order valence-corrected chi connectivity index (χ1v) is 9.06. The molecule has 0 spiro atoms. The Kier molecular flexibility index (Phi) is 5.74. The minimum absolute atomic E-state index is 0.289. The minimum atomic E-state index is -0.349. The van der Waals surface area contributed by atoms with Crippen LogP contribution in [-0.4, -0.2) is 27.4 Å². The van der Waals surface area contributed by atoms with Crippen LogP contribution >= 0.6 is 0 Å². The summed E-state index contributed by atoms with van der Waals surface area (Å²) in [6.07, 6.45) is 4.01. The third-order valence-electron chi connectivity index (χ3n) is 5.09. The predicted molar refractivity (Wildman–Crippen MR) is 105 cm³/mol. The Bertz CT molecular complexity index is 761. The monoisotopic (exact) mass is 370 g/mol. The summed E-state index contributed by atoms with van der Waals surface area (Å²) in [4.78, 5) is 12.9. The van der Waals surface area contributed by atoms with Gasteiger partial charge >= 0.3 is 6.03 Å². The lowest BCUT2D eigenvalue weighted by Crippen LogP contribution is -2.45. The zero-order chi connectivity index (χ0) is 19.3. The molecule has 3 rings (SSSR count). The molecule has 1 aliphatic rings. The Balaban J connectivity index is 1.85. The molecule has 2 N–H and O–H groups in total. The molecule has 0 heterocycles. The normalized spacial score (nSPS) is 15.1. The van der Waals surface area contributed by atoms with Crippen LogP contribution in [0.15, 0.2) is 42.5 Å². The number of hydrogen-bond donors (Lipinski definition) is 2. The van der Waals surface area contributed by atoms with E-state index in [0.717, 1.165) is 31.2 Å². The number of anilines is 1. The average molecular weight is 370 g/mol. The summed E-state index contributed by atoms with van der Waals surface area (Å²) in [5.41, 5.74) is 1.25. The number of nitrogens with one attached hydrogen (secondary N) is 2. The second-order valence-electron chi connectivity index (χ2n) is 6.64. The summed E-state index contributed by atoms with van der Waals surface area (Å²) in [6, 6.07) is 13.3. The van der Waals surface area contributed by atoms with Gasteiger partial charge in [0.2, 0.25) is 0 Å². The standard InChI is InChI=1S/C21H26N2O4/c1-25-16-13-17(26-2)19(18(14-16)27-3)22-20(24)23-21(11-7-8-12-21)15-9-5-4-6-10-15/h4-6,9-10,13-14H,7-8,11-12H2,1-3H3,(H2,22,23,24). The van der Waals surface area contributed by atoms with Crippen molar-refractivity contribution in [2.45, 2.75) is 31.2 Å². The van der Waals surface area contributed by atoms with Crippen LogP contribution in [0, 0.1) is 0 Å². The van der Waals surface area contributed by atoms with Gasteiger partial charge in [0.05, 0.1) is 26.9 Å². The van der Waals surface area contributed by atoms with E-state index in [-0.39, 0.29) is 11.6 Å². The highest BCUT2D eigenvalue weighted by Gasteiger charge is 2.37. The first-order chi connectivity index (χ1) is 13.1. The van der Waals surface area contributed by atoms with Crippen LogP contribution in [0.5, 0.6) is 17.2 Å². The number of methoxy groups -OCH3 is 3. The molecule has 0 unspecified atom stereocenters. The van der Waals surface area contributed by atoms with E-state index in [1.807, 2.05) is 18.2 Å². The van der Waals surface area contributed by atoms with Crippen molar-refractivity contribution in [2.75, 3.05) is 26.6 Å². The van der Waals surface area contributed by atoms with Gasteiger partial charge in [-0.1, -0.05) is 43.2 Å². The summed E-state index contributed by atoms with van der Waals surface area (Å²) >= 11 is 0. The summed E-state index contributed by atoms with van der Waals surface area (Å²) < 4.78 is 16.1. The topological polar surface area (TPSA) is 68.8 Å². The summed E-state index contributed by atoms with van der Waals surface area (Å²) in [5, 5.41) is 6.09. The van der Waals surface area contributed by atoms with Crippen LogP contribution < -0.4 is 24.8 Å². The highest BCUT2D eigenvalue weighted by molar-refractivity contribution is 5.93. The van der Waals surface area contributed by atoms with Crippen molar-refractivity contribution in [3.63, 3.8) is 0 Å². The Morgan fingerprint density at radius 1 is 0.926 bits per heavy atom. The lowest BCUT2D eigenvalue weighted by molar-refractivity contribution is 0.236. The molecule has 0 saturated heterocycles. The third-order valence-corrected chi connectivity index (χ3v) is 5.09. The van der Waals surface area contributed by atoms with E-state index in [1.54, 1.807) is 33.5 Å². The number of carbonyl (C=O) groups excluding carboxylic acids is 1. The molecule has 0 atom stereocenters. The van der Waals surface area contributed by atoms with Crippen molar-refractivity contribution >= 4 is 11.7 Å². The van der Waals surface area contributed by atoms with Gasteiger partial charge in [0.25, 0.3) is 0 Å². The van der Waals surface area contributed by atoms with Crippen molar-refractivity contribution in [1.29, 1.82) is 0 Å². The van der Waals surface area contributed by atoms with E-state index >= 15 is 0 Å². The fourth-order valence-corrected chi connectivity index (χ4v) is 3.71. The van der Waals surface area contributed by atoms with Gasteiger partial charge in [0.15, 0.2) is 0 Å². The average Bonchev–Trinajstić information content (AvgIpc) is 3.18. The molecule has 1 saturated carbocycles. The van der Waals surface area contributed by atoms with Gasteiger partial charge in [-0.25, -0.2) is 4.79 Å². The molecule has 1 aliphatic carbocycles. The highest BCUT2D eigenvalue weighted by Crippen LogP contribution is 2.41. The van der Waals surface area contributed by atoms with E-state index < -0.39 is 0 Å². The molecule has 2 aromatic carbocycles. The van der Waals surface area contributed by atoms with Crippen molar-refractivity contribution in [3.05, 3.63) is 48.0 Å². The van der Waals surface area contributed by atoms with Crippen molar-refractivity contribution in [1.82, 2.24) is 5.32 Å². The maximum Gasteiger partial charge on any atom is 0.320 e. The molecule has 0 radical (unpaired) electrons. The maximum absolute atomic E-state index is 12.9. The first-order valence-electron chi connectivity index (χ1n) is 9.06. The Morgan fingerprint density at radius 3 is 2.04 bits per heavy atom. The van der Waals surface area contributed by atoms with E-state index in [9.17, 15) is 4.79 Å². The molecule has 144 valence electrons. The number of carbonyl (C=O) groups is 1. The quantitative estimate of drug-likeness (QED) is 0.795. The lowest BCUT2D eigenvalue weighted by atomic mass is 9.88. The highest BCUT2D eigenvalue weighted by atomic mass is 16.5. The van der Waals surface area contributed by atoms with E-state index in [4.69, 9.17) is 14.2 Å². The van der Waals surface area contributed by atoms with Crippen molar-refractivity contribution in [2.24, 2.45) is 0 Å². The SMILES string of the molecule is COc1cc(OC)c(NC(=O)NC2(c3ccccc3)CCCC2)c(OC)c1. The Hall–Kier alpha value is -2.89. The van der Waals surface area contributed by atoms with Crippen LogP contribution in [0.25, 0.3) is 0 Å². The molecule has 0 aliphatic heterocycles. The van der Waals surface area contributed by atoms with Crippen molar-refractivity contribution < 1.29 is 19.0 Å². The van der Waals surface area contributed by atoms with E-state index in [2.05, 4.69) is 22.8 Å². The van der Waals surface area contributed by atoms with Gasteiger partial charge in [-0.15, -0.1) is 0 Å². The smallest absolute Gasteiger partial charge is 0.320 e. The zero-order valence-corrected chi connectivity index (χ0v) is 16.0. The molecule has 0 bridgehead atoms. The number of hydrogen-bond acceptors (Lipinski definition) is 4. The molecule has 1 fully saturated rings. The zero-order valence-electron chi connectivity index (χ0n) is 16.0. The van der Waals surface area contributed by atoms with Gasteiger partial charge in [-0.05, 0) is 18.4 Å². The van der Waals surface area contributed by atoms with Crippen LogP contribution in [0.1, 0.15) is 31.2 Å². The van der Waals surface area contributed by atoms with E-state index in [0.29, 0.717) is 22.9 Å². The fourth-order valence-electron chi connectivity index (χ4n) is 3.71. The van der Waals surface area contributed by atoms with Crippen LogP contribution in [0.4, 0.5) is 10.5 Å². The first kappa shape index (κ1) is 18.9. The molecular formula is C21H26N2O4. The van der Waals surface area contributed by atoms with Crippen LogP contribution in [0.2, 0.25) is 0 Å². The van der Waals surface area contributed by atoms with Gasteiger partial charge in [0, 0.05) is 12.1 Å². The molecule has 6 heteroatoms. The van der Waals surface area contributed by atoms with Gasteiger partial charge in [-0.3, -0.25) is 0 Å². The fraction of sp³-hybridized carbons (Fsp3) is 0.381. The lowest BCUT2D eigenvalue weighted by Gasteiger charge is -2.31.